The van der Waals surface area contributed by atoms with Crippen molar-refractivity contribution in [3.8, 4) is 0 Å². The first-order valence-corrected chi connectivity index (χ1v) is 10.5. The van der Waals surface area contributed by atoms with Gasteiger partial charge in [0.1, 0.15) is 6.04 Å². The molecule has 0 aromatic heterocycles. The number of piperazine rings is 1. The standard InChI is InChI=1S/C24H31N3O2/c1-26-16-18-27(19-17-26)24(29)23(21-13-6-3-7-14-21)25-22(28)15-9-8-12-20-10-4-2-5-11-20/h2-7,10-11,13-14,23H,8-9,12,15-19H2,1H3,(H,25,28)/t23-/m0/s1. The molecule has 1 fully saturated rings. The number of likely N-dealkylation sites (N-methyl/N-ethyl adjacent to an activating group) is 1. The minimum absolute atomic E-state index is 0.0121. The summed E-state index contributed by atoms with van der Waals surface area (Å²) >= 11 is 0. The average molecular weight is 394 g/mol. The van der Waals surface area contributed by atoms with Crippen LogP contribution in [0.2, 0.25) is 0 Å². The van der Waals surface area contributed by atoms with E-state index in [-0.39, 0.29) is 11.8 Å². The van der Waals surface area contributed by atoms with Gasteiger partial charge in [-0.2, -0.15) is 0 Å². The third-order valence-corrected chi connectivity index (χ3v) is 5.46. The number of aryl methyl sites for hydroxylation is 1. The van der Waals surface area contributed by atoms with Crippen LogP contribution < -0.4 is 5.32 Å². The smallest absolute Gasteiger partial charge is 0.249 e. The van der Waals surface area contributed by atoms with E-state index in [9.17, 15) is 9.59 Å². The van der Waals surface area contributed by atoms with E-state index in [4.69, 9.17) is 0 Å². The summed E-state index contributed by atoms with van der Waals surface area (Å²) in [6.45, 7) is 3.12. The number of nitrogens with one attached hydrogen (secondary N) is 1. The van der Waals surface area contributed by atoms with Crippen LogP contribution in [-0.2, 0) is 16.0 Å². The first-order valence-electron chi connectivity index (χ1n) is 10.5. The van der Waals surface area contributed by atoms with Gasteiger partial charge in [0.15, 0.2) is 0 Å². The lowest BCUT2D eigenvalue weighted by Gasteiger charge is -2.35. The van der Waals surface area contributed by atoms with E-state index in [0.717, 1.165) is 37.9 Å². The minimum atomic E-state index is -0.610. The van der Waals surface area contributed by atoms with Crippen LogP contribution in [0.4, 0.5) is 0 Å². The second-order valence-corrected chi connectivity index (χ2v) is 7.73. The molecule has 3 rings (SSSR count). The summed E-state index contributed by atoms with van der Waals surface area (Å²) in [6.07, 6.45) is 3.17. The van der Waals surface area contributed by atoms with Crippen molar-refractivity contribution < 1.29 is 9.59 Å². The molecule has 1 aliphatic rings. The molecule has 2 amide bonds. The molecular weight excluding hydrogens is 362 g/mol. The zero-order chi connectivity index (χ0) is 20.5. The second kappa shape index (κ2) is 10.8. The second-order valence-electron chi connectivity index (χ2n) is 7.73. The number of hydrogen-bond acceptors (Lipinski definition) is 3. The Balaban J connectivity index is 1.55. The number of carbonyl (C=O) groups excluding carboxylic acids is 2. The monoisotopic (exact) mass is 393 g/mol. The Hall–Kier alpha value is -2.66. The first-order chi connectivity index (χ1) is 14.1. The lowest BCUT2D eigenvalue weighted by atomic mass is 10.0. The normalized spacial score (nSPS) is 15.7. The van der Waals surface area contributed by atoms with Crippen LogP contribution in [0.25, 0.3) is 0 Å². The highest BCUT2D eigenvalue weighted by Gasteiger charge is 2.29. The molecule has 1 aliphatic heterocycles. The van der Waals surface area contributed by atoms with E-state index in [1.165, 1.54) is 5.56 Å². The number of carbonyl (C=O) groups is 2. The third-order valence-electron chi connectivity index (χ3n) is 5.46. The molecule has 154 valence electrons. The van der Waals surface area contributed by atoms with E-state index in [1.54, 1.807) is 0 Å². The van der Waals surface area contributed by atoms with Crippen LogP contribution in [0, 0.1) is 0 Å². The van der Waals surface area contributed by atoms with Crippen molar-refractivity contribution in [2.24, 2.45) is 0 Å². The zero-order valence-electron chi connectivity index (χ0n) is 17.2. The van der Waals surface area contributed by atoms with Gasteiger partial charge in [-0.1, -0.05) is 60.7 Å². The van der Waals surface area contributed by atoms with Gasteiger partial charge in [0.05, 0.1) is 0 Å². The zero-order valence-corrected chi connectivity index (χ0v) is 17.2. The Labute approximate surface area is 173 Å². The Bertz CT molecular complexity index is 771. The van der Waals surface area contributed by atoms with Gasteiger partial charge >= 0.3 is 0 Å². The Morgan fingerprint density at radius 2 is 1.52 bits per heavy atom. The van der Waals surface area contributed by atoms with E-state index >= 15 is 0 Å². The number of amides is 2. The molecule has 0 saturated carbocycles. The molecule has 5 heteroatoms. The third kappa shape index (κ3) is 6.43. The predicted octanol–water partition coefficient (Wildman–Crippen LogP) is 3.03. The highest BCUT2D eigenvalue weighted by Crippen LogP contribution is 2.18. The van der Waals surface area contributed by atoms with Crippen LogP contribution in [0.1, 0.15) is 36.4 Å². The largest absolute Gasteiger partial charge is 0.341 e. The van der Waals surface area contributed by atoms with E-state index < -0.39 is 6.04 Å². The van der Waals surface area contributed by atoms with Crippen molar-refractivity contribution in [2.45, 2.75) is 31.7 Å². The summed E-state index contributed by atoms with van der Waals surface area (Å²) in [7, 11) is 2.06. The number of unbranched alkanes of at least 4 members (excludes halogenated alkanes) is 1. The number of rotatable bonds is 8. The van der Waals surface area contributed by atoms with Crippen molar-refractivity contribution in [2.75, 3.05) is 33.2 Å². The molecule has 1 heterocycles. The van der Waals surface area contributed by atoms with Gasteiger partial charge in [-0.15, -0.1) is 0 Å². The first kappa shape index (κ1) is 21.1. The Kier molecular flexibility index (Phi) is 7.82. The predicted molar refractivity (Wildman–Crippen MR) is 115 cm³/mol. The molecule has 1 N–H and O–H groups in total. The quantitative estimate of drug-likeness (QED) is 0.702. The summed E-state index contributed by atoms with van der Waals surface area (Å²) in [5.74, 6) is -0.0728. The van der Waals surface area contributed by atoms with Crippen LogP contribution in [0.5, 0.6) is 0 Å². The highest BCUT2D eigenvalue weighted by atomic mass is 16.2. The maximum atomic E-state index is 13.1. The molecule has 29 heavy (non-hydrogen) atoms. The molecular formula is C24H31N3O2. The number of hydrogen-bond donors (Lipinski definition) is 1. The molecule has 0 unspecified atom stereocenters. The van der Waals surface area contributed by atoms with Crippen molar-refractivity contribution >= 4 is 11.8 Å². The lowest BCUT2D eigenvalue weighted by Crippen LogP contribution is -2.51. The van der Waals surface area contributed by atoms with Gasteiger partial charge in [-0.05, 0) is 37.4 Å². The fourth-order valence-corrected chi connectivity index (χ4v) is 3.64. The Morgan fingerprint density at radius 1 is 0.897 bits per heavy atom. The summed E-state index contributed by atoms with van der Waals surface area (Å²) in [6, 6.07) is 19.3. The molecule has 1 saturated heterocycles. The summed E-state index contributed by atoms with van der Waals surface area (Å²) in [4.78, 5) is 29.8. The molecule has 2 aromatic rings. The van der Waals surface area contributed by atoms with Crippen molar-refractivity contribution in [3.63, 3.8) is 0 Å². The summed E-state index contributed by atoms with van der Waals surface area (Å²) in [5.41, 5.74) is 2.13. The molecule has 0 bridgehead atoms. The van der Waals surface area contributed by atoms with Crippen molar-refractivity contribution in [1.82, 2.24) is 15.1 Å². The minimum Gasteiger partial charge on any atom is -0.341 e. The van der Waals surface area contributed by atoms with Crippen molar-refractivity contribution in [1.29, 1.82) is 0 Å². The molecule has 0 spiro atoms. The highest BCUT2D eigenvalue weighted by molar-refractivity contribution is 5.88. The average Bonchev–Trinajstić information content (AvgIpc) is 2.76. The molecule has 2 aromatic carbocycles. The summed E-state index contributed by atoms with van der Waals surface area (Å²) < 4.78 is 0. The van der Waals surface area contributed by atoms with Gasteiger partial charge in [0.2, 0.25) is 11.8 Å². The van der Waals surface area contributed by atoms with Gasteiger partial charge in [-0.3, -0.25) is 9.59 Å². The fourth-order valence-electron chi connectivity index (χ4n) is 3.64. The van der Waals surface area contributed by atoms with Crippen LogP contribution >= 0.6 is 0 Å². The molecule has 1 atom stereocenters. The van der Waals surface area contributed by atoms with Crippen LogP contribution in [0.15, 0.2) is 60.7 Å². The molecule has 0 radical (unpaired) electrons. The van der Waals surface area contributed by atoms with Crippen molar-refractivity contribution in [3.05, 3.63) is 71.8 Å². The number of nitrogens with zero attached hydrogens (tertiary/aromatic N) is 2. The topological polar surface area (TPSA) is 52.6 Å². The number of benzene rings is 2. The lowest BCUT2D eigenvalue weighted by molar-refractivity contribution is -0.138. The van der Waals surface area contributed by atoms with Gasteiger partial charge in [0.25, 0.3) is 0 Å². The SMILES string of the molecule is CN1CCN(C(=O)[C@@H](NC(=O)CCCCc2ccccc2)c2ccccc2)CC1. The summed E-state index contributed by atoms with van der Waals surface area (Å²) in [5, 5.41) is 3.00. The van der Waals surface area contributed by atoms with E-state index in [2.05, 4.69) is 29.4 Å². The van der Waals surface area contributed by atoms with E-state index in [1.807, 2.05) is 53.4 Å². The Morgan fingerprint density at radius 3 is 2.17 bits per heavy atom. The van der Waals surface area contributed by atoms with Crippen LogP contribution in [-0.4, -0.2) is 54.8 Å². The van der Waals surface area contributed by atoms with Crippen LogP contribution in [0.3, 0.4) is 0 Å². The van der Waals surface area contributed by atoms with Gasteiger partial charge < -0.3 is 15.1 Å². The van der Waals surface area contributed by atoms with Gasteiger partial charge in [-0.25, -0.2) is 0 Å². The van der Waals surface area contributed by atoms with E-state index in [0.29, 0.717) is 19.5 Å². The maximum Gasteiger partial charge on any atom is 0.249 e. The fraction of sp³-hybridized carbons (Fsp3) is 0.417. The van der Waals surface area contributed by atoms with Gasteiger partial charge in [0, 0.05) is 32.6 Å². The molecule has 0 aliphatic carbocycles. The maximum absolute atomic E-state index is 13.1. The molecule has 5 nitrogen and oxygen atoms in total.